The van der Waals surface area contributed by atoms with Gasteiger partial charge in [-0.1, -0.05) is 6.07 Å². The highest BCUT2D eigenvalue weighted by Gasteiger charge is 2.17. The predicted molar refractivity (Wildman–Crippen MR) is 103 cm³/mol. The summed E-state index contributed by atoms with van der Waals surface area (Å²) in [6.07, 6.45) is 1.86. The molecule has 0 spiro atoms. The van der Waals surface area contributed by atoms with Crippen LogP contribution in [0, 0.1) is 13.8 Å². The van der Waals surface area contributed by atoms with Crippen LogP contribution in [0.15, 0.2) is 42.6 Å². The van der Waals surface area contributed by atoms with Gasteiger partial charge in [0.25, 0.3) is 5.91 Å². The number of carbonyl (C=O) groups excluding carboxylic acids is 1. The number of benzene rings is 1. The van der Waals surface area contributed by atoms with E-state index in [2.05, 4.69) is 41.2 Å². The molecule has 0 fully saturated rings. The quantitative estimate of drug-likeness (QED) is 0.765. The van der Waals surface area contributed by atoms with Gasteiger partial charge in [0.05, 0.1) is 5.69 Å². The van der Waals surface area contributed by atoms with Gasteiger partial charge in [0.1, 0.15) is 11.3 Å². The molecule has 0 saturated heterocycles. The number of nitrogens with zero attached hydrogens (tertiary/aromatic N) is 3. The molecule has 0 aliphatic heterocycles. The number of pyridine rings is 1. The standard InChI is InChI=1S/C20H24N4O/c1-5-23(6-2)16-10-11-17(14(3)13-16)22-20(25)19-15(4)21-18-9-7-8-12-24(18)19/h7-13H,5-6H2,1-4H3,(H,22,25). The Morgan fingerprint density at radius 3 is 2.60 bits per heavy atom. The molecular formula is C20H24N4O. The molecule has 0 saturated carbocycles. The third-order valence-corrected chi connectivity index (χ3v) is 4.51. The summed E-state index contributed by atoms with van der Waals surface area (Å²) in [7, 11) is 0. The zero-order valence-electron chi connectivity index (χ0n) is 15.2. The lowest BCUT2D eigenvalue weighted by molar-refractivity contribution is 0.102. The highest BCUT2D eigenvalue weighted by Crippen LogP contribution is 2.23. The Morgan fingerprint density at radius 1 is 1.16 bits per heavy atom. The maximum Gasteiger partial charge on any atom is 0.274 e. The lowest BCUT2D eigenvalue weighted by Crippen LogP contribution is -2.22. The highest BCUT2D eigenvalue weighted by atomic mass is 16.2. The Kier molecular flexibility index (Phi) is 4.74. The average molecular weight is 336 g/mol. The van der Waals surface area contributed by atoms with E-state index in [4.69, 9.17) is 0 Å². The van der Waals surface area contributed by atoms with Crippen molar-refractivity contribution < 1.29 is 4.79 Å². The number of amides is 1. The lowest BCUT2D eigenvalue weighted by Gasteiger charge is -2.22. The van der Waals surface area contributed by atoms with Crippen LogP contribution in [-0.4, -0.2) is 28.4 Å². The van der Waals surface area contributed by atoms with Crippen LogP contribution in [-0.2, 0) is 0 Å². The van der Waals surface area contributed by atoms with E-state index in [-0.39, 0.29) is 5.91 Å². The molecular weight excluding hydrogens is 312 g/mol. The molecule has 5 heteroatoms. The minimum absolute atomic E-state index is 0.144. The van der Waals surface area contributed by atoms with Crippen LogP contribution in [0.25, 0.3) is 5.65 Å². The summed E-state index contributed by atoms with van der Waals surface area (Å²) in [6.45, 7) is 10.1. The van der Waals surface area contributed by atoms with Crippen LogP contribution in [0.1, 0.15) is 35.6 Å². The fraction of sp³-hybridized carbons (Fsp3) is 0.300. The minimum Gasteiger partial charge on any atom is -0.372 e. The number of aromatic nitrogens is 2. The molecule has 2 aromatic heterocycles. The van der Waals surface area contributed by atoms with Crippen LogP contribution in [0.4, 0.5) is 11.4 Å². The van der Waals surface area contributed by atoms with Gasteiger partial charge in [-0.3, -0.25) is 9.20 Å². The molecule has 25 heavy (non-hydrogen) atoms. The molecule has 0 radical (unpaired) electrons. The molecule has 1 N–H and O–H groups in total. The third-order valence-electron chi connectivity index (χ3n) is 4.51. The number of aryl methyl sites for hydroxylation is 2. The lowest BCUT2D eigenvalue weighted by atomic mass is 10.1. The fourth-order valence-electron chi connectivity index (χ4n) is 3.14. The Labute approximate surface area is 148 Å². The second-order valence-corrected chi connectivity index (χ2v) is 6.10. The first-order chi connectivity index (χ1) is 12.0. The van der Waals surface area contributed by atoms with Gasteiger partial charge in [-0.15, -0.1) is 0 Å². The molecule has 3 rings (SSSR count). The summed E-state index contributed by atoms with van der Waals surface area (Å²) in [5.41, 5.74) is 5.12. The molecule has 0 aliphatic carbocycles. The SMILES string of the molecule is CCN(CC)c1ccc(NC(=O)c2c(C)nc3ccccn23)c(C)c1. The number of fused-ring (bicyclic) bond motifs is 1. The van der Waals surface area contributed by atoms with Gasteiger partial charge in [0.15, 0.2) is 0 Å². The number of nitrogens with one attached hydrogen (secondary N) is 1. The molecule has 1 aromatic carbocycles. The van der Waals surface area contributed by atoms with Crippen molar-refractivity contribution in [3.8, 4) is 0 Å². The Morgan fingerprint density at radius 2 is 1.92 bits per heavy atom. The minimum atomic E-state index is -0.144. The summed E-state index contributed by atoms with van der Waals surface area (Å²) in [6, 6.07) is 11.9. The van der Waals surface area contributed by atoms with Gasteiger partial charge in [-0.25, -0.2) is 4.98 Å². The van der Waals surface area contributed by atoms with Gasteiger partial charge in [0.2, 0.25) is 0 Å². The van der Waals surface area contributed by atoms with Crippen LogP contribution in [0.2, 0.25) is 0 Å². The Balaban J connectivity index is 1.89. The Hall–Kier alpha value is -2.82. The fourth-order valence-corrected chi connectivity index (χ4v) is 3.14. The third kappa shape index (κ3) is 3.22. The van der Waals surface area contributed by atoms with Gasteiger partial charge in [0, 0.05) is 30.7 Å². The largest absolute Gasteiger partial charge is 0.372 e. The maximum atomic E-state index is 12.8. The number of hydrogen-bond donors (Lipinski definition) is 1. The van der Waals surface area contributed by atoms with Crippen LogP contribution in [0.5, 0.6) is 0 Å². The number of imidazole rings is 1. The number of rotatable bonds is 5. The van der Waals surface area contributed by atoms with Crippen LogP contribution >= 0.6 is 0 Å². The summed E-state index contributed by atoms with van der Waals surface area (Å²) < 4.78 is 1.82. The first kappa shape index (κ1) is 17.0. The highest BCUT2D eigenvalue weighted by molar-refractivity contribution is 6.05. The van der Waals surface area contributed by atoms with E-state index in [0.717, 1.165) is 35.7 Å². The van der Waals surface area contributed by atoms with Crippen molar-refractivity contribution in [2.24, 2.45) is 0 Å². The molecule has 0 bridgehead atoms. The zero-order chi connectivity index (χ0) is 18.0. The summed E-state index contributed by atoms with van der Waals surface area (Å²) >= 11 is 0. The van der Waals surface area contributed by atoms with Crippen LogP contribution < -0.4 is 10.2 Å². The van der Waals surface area contributed by atoms with Crippen molar-refractivity contribution in [2.45, 2.75) is 27.7 Å². The van der Waals surface area contributed by atoms with Crippen molar-refractivity contribution in [1.82, 2.24) is 9.38 Å². The summed E-state index contributed by atoms with van der Waals surface area (Å²) in [4.78, 5) is 19.5. The zero-order valence-corrected chi connectivity index (χ0v) is 15.2. The molecule has 0 aliphatic rings. The van der Waals surface area contributed by atoms with Crippen molar-refractivity contribution in [1.29, 1.82) is 0 Å². The first-order valence-corrected chi connectivity index (χ1v) is 8.65. The second-order valence-electron chi connectivity index (χ2n) is 6.10. The molecule has 3 aromatic rings. The summed E-state index contributed by atoms with van der Waals surface area (Å²) in [5, 5.41) is 3.03. The van der Waals surface area contributed by atoms with Gasteiger partial charge in [-0.2, -0.15) is 0 Å². The van der Waals surface area contributed by atoms with E-state index < -0.39 is 0 Å². The van der Waals surface area contributed by atoms with E-state index in [1.807, 2.05) is 48.7 Å². The van der Waals surface area contributed by atoms with Gasteiger partial charge >= 0.3 is 0 Å². The molecule has 2 heterocycles. The van der Waals surface area contributed by atoms with E-state index in [0.29, 0.717) is 5.69 Å². The van der Waals surface area contributed by atoms with E-state index >= 15 is 0 Å². The van der Waals surface area contributed by atoms with Crippen molar-refractivity contribution >= 4 is 22.9 Å². The van der Waals surface area contributed by atoms with E-state index in [1.54, 1.807) is 0 Å². The van der Waals surface area contributed by atoms with Gasteiger partial charge < -0.3 is 10.2 Å². The second kappa shape index (κ2) is 6.97. The van der Waals surface area contributed by atoms with Crippen molar-refractivity contribution in [3.05, 3.63) is 59.5 Å². The normalized spacial score (nSPS) is 10.9. The molecule has 0 atom stereocenters. The summed E-state index contributed by atoms with van der Waals surface area (Å²) in [5.74, 6) is -0.144. The van der Waals surface area contributed by atoms with Crippen LogP contribution in [0.3, 0.4) is 0 Å². The Bertz CT molecular complexity index is 909. The monoisotopic (exact) mass is 336 g/mol. The van der Waals surface area contributed by atoms with E-state index in [9.17, 15) is 4.79 Å². The predicted octanol–water partition coefficient (Wildman–Crippen LogP) is 4.05. The smallest absolute Gasteiger partial charge is 0.274 e. The molecule has 130 valence electrons. The number of anilines is 2. The molecule has 5 nitrogen and oxygen atoms in total. The average Bonchev–Trinajstić information content (AvgIpc) is 2.94. The van der Waals surface area contributed by atoms with E-state index in [1.165, 1.54) is 5.69 Å². The number of carbonyl (C=O) groups is 1. The molecule has 0 unspecified atom stereocenters. The maximum absolute atomic E-state index is 12.8. The molecule has 1 amide bonds. The van der Waals surface area contributed by atoms with Crippen molar-refractivity contribution in [3.63, 3.8) is 0 Å². The number of hydrogen-bond acceptors (Lipinski definition) is 3. The van der Waals surface area contributed by atoms with Crippen molar-refractivity contribution in [2.75, 3.05) is 23.3 Å². The van der Waals surface area contributed by atoms with Gasteiger partial charge in [-0.05, 0) is 63.6 Å². The first-order valence-electron chi connectivity index (χ1n) is 8.65. The topological polar surface area (TPSA) is 49.6 Å².